The van der Waals surface area contributed by atoms with Crippen molar-refractivity contribution in [2.24, 2.45) is 28.2 Å². The standard InChI is InChI=1S/C24H40N8O6S/c1-4-6-21(31(36)16-33)19(15-18-10-8-17(2)9-11-18)22(34)26-20(23(35)27-24-25-12-14-39-24)7-5-13-30(3)28-29-32(37)38/h12,14,16-21,36H,4-11,13,15H2,1-3H3,(H,26,34)(H,25,27,35)/t17?,18?,19-,20+,21+/m1/s1. The minimum absolute atomic E-state index is 0.212. The maximum atomic E-state index is 13.7. The van der Waals surface area contributed by atoms with E-state index >= 15 is 0 Å². The largest absolute Gasteiger partial charge is 0.344 e. The third-order valence-corrected chi connectivity index (χ3v) is 7.78. The summed E-state index contributed by atoms with van der Waals surface area (Å²) in [7, 11) is 1.52. The molecule has 3 amide bonds. The first kappa shape index (κ1) is 32.0. The molecule has 0 unspecified atom stereocenters. The van der Waals surface area contributed by atoms with E-state index in [1.54, 1.807) is 11.6 Å². The van der Waals surface area contributed by atoms with Crippen LogP contribution in [0.15, 0.2) is 22.0 Å². The van der Waals surface area contributed by atoms with Crippen molar-refractivity contribution in [3.63, 3.8) is 0 Å². The monoisotopic (exact) mass is 568 g/mol. The molecule has 1 heterocycles. The molecule has 0 saturated heterocycles. The molecule has 0 bridgehead atoms. The number of nitrogens with zero attached hydrogens (tertiary/aromatic N) is 6. The van der Waals surface area contributed by atoms with Crippen molar-refractivity contribution in [3.05, 3.63) is 21.7 Å². The lowest BCUT2D eigenvalue weighted by Gasteiger charge is -2.35. The zero-order chi connectivity index (χ0) is 28.8. The van der Waals surface area contributed by atoms with Gasteiger partial charge in [0.2, 0.25) is 23.4 Å². The molecule has 1 aromatic rings. The molecule has 39 heavy (non-hydrogen) atoms. The van der Waals surface area contributed by atoms with E-state index in [-0.39, 0.29) is 18.9 Å². The van der Waals surface area contributed by atoms with Gasteiger partial charge in [-0.05, 0) is 37.5 Å². The molecule has 1 aliphatic rings. The van der Waals surface area contributed by atoms with Crippen molar-refractivity contribution >= 4 is 34.7 Å². The molecule has 218 valence electrons. The van der Waals surface area contributed by atoms with E-state index in [0.29, 0.717) is 48.2 Å². The molecule has 15 heteroatoms. The molecule has 1 fully saturated rings. The molecule has 0 spiro atoms. The molecule has 0 aliphatic heterocycles. The van der Waals surface area contributed by atoms with Gasteiger partial charge in [-0.3, -0.25) is 19.6 Å². The van der Waals surface area contributed by atoms with Crippen molar-refractivity contribution in [1.82, 2.24) is 20.4 Å². The van der Waals surface area contributed by atoms with E-state index in [1.165, 1.54) is 23.4 Å². The molecule has 2 rings (SSSR count). The van der Waals surface area contributed by atoms with Gasteiger partial charge >= 0.3 is 0 Å². The van der Waals surface area contributed by atoms with Gasteiger partial charge < -0.3 is 20.7 Å². The smallest absolute Gasteiger partial charge is 0.248 e. The number of nitrogens with one attached hydrogen (secondary N) is 2. The SMILES string of the molecule is CCC[C@@H]([C@@H](CC1CCC(C)CC1)C(=O)N[C@@H](CCCN(C)N=N[N+](=O)[O-])C(=O)Nc1nccs1)N(O)C=O. The van der Waals surface area contributed by atoms with Crippen molar-refractivity contribution in [3.8, 4) is 0 Å². The summed E-state index contributed by atoms with van der Waals surface area (Å²) in [4.78, 5) is 52.9. The average Bonchev–Trinajstić information content (AvgIpc) is 3.42. The van der Waals surface area contributed by atoms with Crippen LogP contribution in [0.1, 0.15) is 71.6 Å². The van der Waals surface area contributed by atoms with Crippen LogP contribution in [-0.2, 0) is 14.4 Å². The number of carbonyl (C=O) groups is 3. The Balaban J connectivity index is 2.20. The van der Waals surface area contributed by atoms with Crippen molar-refractivity contribution in [2.75, 3.05) is 18.9 Å². The summed E-state index contributed by atoms with van der Waals surface area (Å²) in [6, 6.07) is -1.66. The second-order valence-corrected chi connectivity index (χ2v) is 11.0. The Bertz CT molecular complexity index is 941. The van der Waals surface area contributed by atoms with Gasteiger partial charge in [-0.2, -0.15) is 5.01 Å². The number of carbonyl (C=O) groups excluding carboxylic acids is 3. The van der Waals surface area contributed by atoms with Gasteiger partial charge in [0.05, 0.1) is 23.5 Å². The quantitative estimate of drug-likeness (QED) is 0.0835. The van der Waals surface area contributed by atoms with Crippen molar-refractivity contribution in [2.45, 2.75) is 83.7 Å². The predicted molar refractivity (Wildman–Crippen MR) is 144 cm³/mol. The van der Waals surface area contributed by atoms with E-state index in [4.69, 9.17) is 0 Å². The fourth-order valence-electron chi connectivity index (χ4n) is 4.95. The summed E-state index contributed by atoms with van der Waals surface area (Å²) in [6.45, 7) is 4.38. The fraction of sp³-hybridized carbons (Fsp3) is 0.750. The van der Waals surface area contributed by atoms with Crippen LogP contribution in [0, 0.1) is 27.9 Å². The van der Waals surface area contributed by atoms with Crippen LogP contribution < -0.4 is 10.6 Å². The van der Waals surface area contributed by atoms with Crippen LogP contribution in [0.25, 0.3) is 0 Å². The topological polar surface area (TPSA) is 183 Å². The number of thiazole rings is 1. The Morgan fingerprint density at radius 2 is 2.03 bits per heavy atom. The first-order chi connectivity index (χ1) is 18.6. The molecular weight excluding hydrogens is 528 g/mol. The number of anilines is 1. The fourth-order valence-corrected chi connectivity index (χ4v) is 5.48. The van der Waals surface area contributed by atoms with E-state index < -0.39 is 34.8 Å². The summed E-state index contributed by atoms with van der Waals surface area (Å²) in [6.07, 6.45) is 8.10. The van der Waals surface area contributed by atoms with Crippen molar-refractivity contribution in [1.29, 1.82) is 0 Å². The number of hydroxylamine groups is 2. The van der Waals surface area contributed by atoms with Crippen LogP contribution in [0.5, 0.6) is 0 Å². The van der Waals surface area contributed by atoms with E-state index in [0.717, 1.165) is 25.7 Å². The van der Waals surface area contributed by atoms with Gasteiger partial charge in [0.1, 0.15) is 6.04 Å². The normalized spacial score (nSPS) is 19.6. The lowest BCUT2D eigenvalue weighted by molar-refractivity contribution is -0.496. The number of aromatic nitrogens is 1. The van der Waals surface area contributed by atoms with Crippen LogP contribution in [-0.4, -0.2) is 69.2 Å². The van der Waals surface area contributed by atoms with Crippen molar-refractivity contribution < 1.29 is 24.6 Å². The maximum absolute atomic E-state index is 13.7. The highest BCUT2D eigenvalue weighted by Crippen LogP contribution is 2.34. The zero-order valence-electron chi connectivity index (χ0n) is 22.8. The van der Waals surface area contributed by atoms with Crippen LogP contribution in [0.4, 0.5) is 5.13 Å². The lowest BCUT2D eigenvalue weighted by atomic mass is 9.76. The van der Waals surface area contributed by atoms with Gasteiger partial charge in [-0.1, -0.05) is 46.0 Å². The molecule has 1 aromatic heterocycles. The third-order valence-electron chi connectivity index (χ3n) is 7.09. The Morgan fingerprint density at radius 3 is 2.62 bits per heavy atom. The summed E-state index contributed by atoms with van der Waals surface area (Å²) >= 11 is 1.24. The molecule has 3 N–H and O–H groups in total. The number of amides is 3. The molecule has 0 radical (unpaired) electrons. The van der Waals surface area contributed by atoms with Gasteiger partial charge in [0.25, 0.3) is 0 Å². The maximum Gasteiger partial charge on any atom is 0.248 e. The highest BCUT2D eigenvalue weighted by atomic mass is 32.1. The number of rotatable bonds is 17. The Morgan fingerprint density at radius 1 is 1.31 bits per heavy atom. The van der Waals surface area contributed by atoms with E-state index in [9.17, 15) is 29.7 Å². The van der Waals surface area contributed by atoms with Gasteiger partial charge in [-0.15, -0.1) is 11.3 Å². The number of hydrogen-bond acceptors (Lipinski definition) is 9. The van der Waals surface area contributed by atoms with Gasteiger partial charge in [0, 0.05) is 18.6 Å². The second-order valence-electron chi connectivity index (χ2n) is 10.1. The summed E-state index contributed by atoms with van der Waals surface area (Å²) < 4.78 is 0. The summed E-state index contributed by atoms with van der Waals surface area (Å²) in [5, 5.41) is 35.7. The van der Waals surface area contributed by atoms with E-state index in [2.05, 4.69) is 33.0 Å². The minimum Gasteiger partial charge on any atom is -0.344 e. The molecule has 1 aliphatic carbocycles. The number of hydrogen-bond donors (Lipinski definition) is 3. The average molecular weight is 569 g/mol. The zero-order valence-corrected chi connectivity index (χ0v) is 23.6. The van der Waals surface area contributed by atoms with Crippen LogP contribution in [0.3, 0.4) is 0 Å². The Labute approximate surface area is 232 Å². The first-order valence-corrected chi connectivity index (χ1v) is 14.2. The first-order valence-electron chi connectivity index (χ1n) is 13.3. The third kappa shape index (κ3) is 11.2. The molecular formula is C24H40N8O6S. The molecule has 3 atom stereocenters. The molecule has 0 aromatic carbocycles. The van der Waals surface area contributed by atoms with Gasteiger partial charge in [-0.25, -0.2) is 10.0 Å². The molecule has 14 nitrogen and oxygen atoms in total. The summed E-state index contributed by atoms with van der Waals surface area (Å²) in [5.41, 5.74) is 0. The Kier molecular flexibility index (Phi) is 13.7. The highest BCUT2D eigenvalue weighted by molar-refractivity contribution is 7.13. The van der Waals surface area contributed by atoms with E-state index in [1.807, 2.05) is 6.92 Å². The second kappa shape index (κ2) is 16.7. The minimum atomic E-state index is -0.943. The highest BCUT2D eigenvalue weighted by Gasteiger charge is 2.36. The Hall–Kier alpha value is -3.20. The summed E-state index contributed by atoms with van der Waals surface area (Å²) in [5.74, 6) is -0.661. The number of nitro groups is 1. The lowest BCUT2D eigenvalue weighted by Crippen LogP contribution is -2.51. The molecule has 1 saturated carbocycles. The van der Waals surface area contributed by atoms with Crippen LogP contribution >= 0.6 is 11.3 Å². The predicted octanol–water partition coefficient (Wildman–Crippen LogP) is 3.69. The van der Waals surface area contributed by atoms with Gasteiger partial charge in [0.15, 0.2) is 10.4 Å². The van der Waals surface area contributed by atoms with Crippen LogP contribution in [0.2, 0.25) is 0 Å².